The van der Waals surface area contributed by atoms with E-state index in [1.54, 1.807) is 18.2 Å². The summed E-state index contributed by atoms with van der Waals surface area (Å²) in [5.74, 6) is 1.14. The van der Waals surface area contributed by atoms with Crippen LogP contribution in [-0.2, 0) is 0 Å². The first-order valence-corrected chi connectivity index (χ1v) is 7.90. The number of ether oxygens (including phenoxy) is 1. The van der Waals surface area contributed by atoms with E-state index in [9.17, 15) is 4.79 Å². The van der Waals surface area contributed by atoms with Gasteiger partial charge in [-0.15, -0.1) is 0 Å². The van der Waals surface area contributed by atoms with Gasteiger partial charge < -0.3 is 15.4 Å². The first kappa shape index (κ1) is 15.7. The second-order valence-electron chi connectivity index (χ2n) is 5.85. The number of para-hydroxylation sites is 1. The quantitative estimate of drug-likeness (QED) is 0.846. The molecule has 1 aromatic carbocycles. The number of rotatable bonds is 5. The van der Waals surface area contributed by atoms with Gasteiger partial charge in [-0.25, -0.2) is 0 Å². The molecule has 1 aliphatic carbocycles. The number of hydrogen-bond acceptors (Lipinski definition) is 3. The van der Waals surface area contributed by atoms with Gasteiger partial charge in [-0.3, -0.25) is 4.79 Å². The molecule has 0 aliphatic heterocycles. The molecule has 2 rings (SSSR count). The number of benzene rings is 1. The van der Waals surface area contributed by atoms with Crippen molar-refractivity contribution < 1.29 is 9.53 Å². The Morgan fingerprint density at radius 2 is 2.05 bits per heavy atom. The first-order chi connectivity index (χ1) is 10.1. The largest absolute Gasteiger partial charge is 0.491 e. The Morgan fingerprint density at radius 1 is 1.33 bits per heavy atom. The molecule has 1 saturated carbocycles. The molecule has 4 nitrogen and oxygen atoms in total. The van der Waals surface area contributed by atoms with Crippen LogP contribution in [0.25, 0.3) is 0 Å². The lowest BCUT2D eigenvalue weighted by atomic mass is 9.89. The van der Waals surface area contributed by atoms with Crippen LogP contribution >= 0.6 is 0 Å². The topological polar surface area (TPSA) is 55.6 Å². The van der Waals surface area contributed by atoms with E-state index in [1.807, 2.05) is 18.9 Å². The molecular weight excluding hydrogens is 264 g/mol. The first-order valence-electron chi connectivity index (χ1n) is 7.90. The monoisotopic (exact) mass is 290 g/mol. The Morgan fingerprint density at radius 3 is 2.71 bits per heavy atom. The van der Waals surface area contributed by atoms with Crippen LogP contribution in [0.3, 0.4) is 0 Å². The summed E-state index contributed by atoms with van der Waals surface area (Å²) >= 11 is 0. The molecule has 1 aromatic rings. The molecule has 0 spiro atoms. The zero-order valence-electron chi connectivity index (χ0n) is 13.1. The molecule has 21 heavy (non-hydrogen) atoms. The van der Waals surface area contributed by atoms with E-state index >= 15 is 0 Å². The van der Waals surface area contributed by atoms with Crippen LogP contribution in [0.1, 0.15) is 49.4 Å². The highest BCUT2D eigenvalue weighted by atomic mass is 16.5. The summed E-state index contributed by atoms with van der Waals surface area (Å²) in [6, 6.07) is 5.36. The minimum absolute atomic E-state index is 0.00340. The SMILES string of the molecule is CCOc1c(N)cccc1C(=O)N(C)CC1CCCCC1. The van der Waals surface area contributed by atoms with E-state index < -0.39 is 0 Å². The maximum Gasteiger partial charge on any atom is 0.257 e. The Balaban J connectivity index is 2.09. The lowest BCUT2D eigenvalue weighted by molar-refractivity contribution is 0.0756. The van der Waals surface area contributed by atoms with Crippen LogP contribution in [0.15, 0.2) is 18.2 Å². The Kier molecular flexibility index (Phi) is 5.48. The molecule has 116 valence electrons. The summed E-state index contributed by atoms with van der Waals surface area (Å²) in [7, 11) is 1.87. The standard InChI is InChI=1S/C17H26N2O2/c1-3-21-16-14(10-7-11-15(16)18)17(20)19(2)12-13-8-5-4-6-9-13/h7,10-11,13H,3-6,8-9,12,18H2,1-2H3. The number of hydrogen-bond donors (Lipinski definition) is 1. The van der Waals surface area contributed by atoms with Gasteiger partial charge >= 0.3 is 0 Å². The molecule has 0 saturated heterocycles. The third kappa shape index (κ3) is 3.90. The molecule has 0 bridgehead atoms. The number of nitrogens with zero attached hydrogens (tertiary/aromatic N) is 1. The highest BCUT2D eigenvalue weighted by Gasteiger charge is 2.22. The minimum atomic E-state index is -0.00340. The van der Waals surface area contributed by atoms with Crippen LogP contribution in [0.4, 0.5) is 5.69 Å². The van der Waals surface area contributed by atoms with Crippen LogP contribution in [0.2, 0.25) is 0 Å². The van der Waals surface area contributed by atoms with Crippen molar-refractivity contribution in [3.05, 3.63) is 23.8 Å². The lowest BCUT2D eigenvalue weighted by Crippen LogP contribution is -2.33. The molecule has 0 heterocycles. The van der Waals surface area contributed by atoms with E-state index in [-0.39, 0.29) is 5.91 Å². The fourth-order valence-corrected chi connectivity index (χ4v) is 3.07. The van der Waals surface area contributed by atoms with Crippen molar-refractivity contribution in [3.63, 3.8) is 0 Å². The highest BCUT2D eigenvalue weighted by Crippen LogP contribution is 2.29. The Labute approximate surface area is 127 Å². The average Bonchev–Trinajstić information content (AvgIpc) is 2.50. The predicted octanol–water partition coefficient (Wildman–Crippen LogP) is 3.32. The summed E-state index contributed by atoms with van der Waals surface area (Å²) < 4.78 is 5.56. The van der Waals surface area contributed by atoms with E-state index in [1.165, 1.54) is 32.1 Å². The van der Waals surface area contributed by atoms with Crippen molar-refractivity contribution in [1.29, 1.82) is 0 Å². The summed E-state index contributed by atoms with van der Waals surface area (Å²) in [6.07, 6.45) is 6.36. The van der Waals surface area contributed by atoms with Gasteiger partial charge in [-0.1, -0.05) is 25.3 Å². The summed E-state index contributed by atoms with van der Waals surface area (Å²) in [5.41, 5.74) is 7.02. The van der Waals surface area contributed by atoms with Crippen LogP contribution < -0.4 is 10.5 Å². The smallest absolute Gasteiger partial charge is 0.257 e. The van der Waals surface area contributed by atoms with E-state index in [2.05, 4.69) is 0 Å². The zero-order valence-corrected chi connectivity index (χ0v) is 13.1. The predicted molar refractivity (Wildman–Crippen MR) is 85.6 cm³/mol. The summed E-state index contributed by atoms with van der Waals surface area (Å²) in [6.45, 7) is 3.21. The van der Waals surface area contributed by atoms with E-state index in [0.717, 1.165) is 6.54 Å². The second-order valence-corrected chi connectivity index (χ2v) is 5.85. The molecule has 2 N–H and O–H groups in total. The van der Waals surface area contributed by atoms with Gasteiger partial charge in [0.05, 0.1) is 17.9 Å². The van der Waals surface area contributed by atoms with Crippen molar-refractivity contribution in [2.75, 3.05) is 25.9 Å². The zero-order chi connectivity index (χ0) is 15.2. The second kappa shape index (κ2) is 7.34. The molecule has 1 amide bonds. The lowest BCUT2D eigenvalue weighted by Gasteiger charge is -2.27. The summed E-state index contributed by atoms with van der Waals surface area (Å²) in [4.78, 5) is 14.5. The Hall–Kier alpha value is -1.71. The maximum atomic E-state index is 12.7. The maximum absolute atomic E-state index is 12.7. The molecule has 0 aromatic heterocycles. The van der Waals surface area contributed by atoms with E-state index in [4.69, 9.17) is 10.5 Å². The molecule has 0 atom stereocenters. The molecule has 0 radical (unpaired) electrons. The van der Waals surface area contributed by atoms with Crippen LogP contribution in [0.5, 0.6) is 5.75 Å². The van der Waals surface area contributed by atoms with Crippen molar-refractivity contribution in [2.24, 2.45) is 5.92 Å². The third-order valence-corrected chi connectivity index (χ3v) is 4.17. The number of nitrogens with two attached hydrogens (primary N) is 1. The van der Waals surface area contributed by atoms with Gasteiger partial charge in [0.25, 0.3) is 5.91 Å². The average molecular weight is 290 g/mol. The van der Waals surface area contributed by atoms with Crippen molar-refractivity contribution in [1.82, 2.24) is 4.90 Å². The fraction of sp³-hybridized carbons (Fsp3) is 0.588. The van der Waals surface area contributed by atoms with Crippen molar-refractivity contribution >= 4 is 11.6 Å². The molecule has 4 heteroatoms. The minimum Gasteiger partial charge on any atom is -0.491 e. The van der Waals surface area contributed by atoms with E-state index in [0.29, 0.717) is 29.5 Å². The molecule has 1 aliphatic rings. The number of carbonyl (C=O) groups excluding carboxylic acids is 1. The van der Waals surface area contributed by atoms with Gasteiger partial charge in [-0.2, -0.15) is 0 Å². The van der Waals surface area contributed by atoms with Gasteiger partial charge in [0.1, 0.15) is 0 Å². The number of carbonyl (C=O) groups is 1. The van der Waals surface area contributed by atoms with Gasteiger partial charge in [-0.05, 0) is 37.8 Å². The Bertz CT molecular complexity index is 482. The summed E-state index contributed by atoms with van der Waals surface area (Å²) in [5, 5.41) is 0. The molecular formula is C17H26N2O2. The third-order valence-electron chi connectivity index (χ3n) is 4.17. The van der Waals surface area contributed by atoms with Crippen LogP contribution in [0, 0.1) is 5.92 Å². The number of amides is 1. The van der Waals surface area contributed by atoms with Gasteiger partial charge in [0, 0.05) is 13.6 Å². The molecule has 1 fully saturated rings. The van der Waals surface area contributed by atoms with Crippen molar-refractivity contribution in [2.45, 2.75) is 39.0 Å². The van der Waals surface area contributed by atoms with Gasteiger partial charge in [0.2, 0.25) is 0 Å². The van der Waals surface area contributed by atoms with Gasteiger partial charge in [0.15, 0.2) is 5.75 Å². The number of anilines is 1. The molecule has 0 unspecified atom stereocenters. The van der Waals surface area contributed by atoms with Crippen LogP contribution in [-0.4, -0.2) is 31.0 Å². The normalized spacial score (nSPS) is 15.7. The fourth-order valence-electron chi connectivity index (χ4n) is 3.07. The number of nitrogen functional groups attached to an aromatic ring is 1. The highest BCUT2D eigenvalue weighted by molar-refractivity contribution is 5.98. The van der Waals surface area contributed by atoms with Crippen molar-refractivity contribution in [3.8, 4) is 5.75 Å².